The number of benzene rings is 2. The highest BCUT2D eigenvalue weighted by molar-refractivity contribution is 9.10. The Kier molecular flexibility index (Phi) is 5.94. The molecule has 0 unspecified atom stereocenters. The van der Waals surface area contributed by atoms with Crippen LogP contribution in [0.4, 0.5) is 10.1 Å². The van der Waals surface area contributed by atoms with Crippen molar-refractivity contribution in [3.8, 4) is 0 Å². The van der Waals surface area contributed by atoms with Crippen molar-refractivity contribution in [3.63, 3.8) is 0 Å². The third-order valence-corrected chi connectivity index (χ3v) is 3.93. The zero-order valence-corrected chi connectivity index (χ0v) is 14.4. The average molecular weight is 415 g/mol. The minimum Gasteiger partial charge on any atom is -0.322 e. The Labute approximate surface area is 140 Å². The van der Waals surface area contributed by atoms with Crippen molar-refractivity contribution in [2.75, 3.05) is 10.6 Å². The van der Waals surface area contributed by atoms with E-state index < -0.39 is 5.82 Å². The smallest absolute Gasteiger partial charge is 0.255 e. The van der Waals surface area contributed by atoms with Crippen molar-refractivity contribution in [2.45, 2.75) is 12.8 Å². The number of aryl methyl sites for hydroxylation is 1. The lowest BCUT2D eigenvalue weighted by molar-refractivity contribution is 0.102. The van der Waals surface area contributed by atoms with Crippen molar-refractivity contribution >= 4 is 43.5 Å². The minimum atomic E-state index is -0.444. The topological polar surface area (TPSA) is 29.1 Å². The van der Waals surface area contributed by atoms with Gasteiger partial charge in [0.15, 0.2) is 0 Å². The first-order chi connectivity index (χ1) is 10.1. The molecule has 0 aliphatic carbocycles. The van der Waals surface area contributed by atoms with Crippen LogP contribution in [0.2, 0.25) is 0 Å². The van der Waals surface area contributed by atoms with E-state index in [-0.39, 0.29) is 11.5 Å². The molecule has 0 radical (unpaired) electrons. The summed E-state index contributed by atoms with van der Waals surface area (Å²) in [6.45, 7) is 0. The molecule has 0 atom stereocenters. The SMILES string of the molecule is O=C(Nc1cccc(CCCBr)c1)c1cc(F)cc(Br)c1. The summed E-state index contributed by atoms with van der Waals surface area (Å²) in [4.78, 5) is 12.1. The highest BCUT2D eigenvalue weighted by Gasteiger charge is 2.09. The molecule has 2 aromatic carbocycles. The predicted molar refractivity (Wildman–Crippen MR) is 90.6 cm³/mol. The fourth-order valence-electron chi connectivity index (χ4n) is 1.96. The second-order valence-corrected chi connectivity index (χ2v) is 6.31. The van der Waals surface area contributed by atoms with E-state index in [9.17, 15) is 9.18 Å². The largest absolute Gasteiger partial charge is 0.322 e. The monoisotopic (exact) mass is 413 g/mol. The number of halogens is 3. The molecule has 0 heterocycles. The lowest BCUT2D eigenvalue weighted by Crippen LogP contribution is -2.12. The molecule has 1 N–H and O–H groups in total. The van der Waals surface area contributed by atoms with E-state index >= 15 is 0 Å². The molecule has 0 aliphatic heterocycles. The Bertz CT molecular complexity index is 626. The van der Waals surface area contributed by atoms with E-state index in [0.29, 0.717) is 10.2 Å². The zero-order chi connectivity index (χ0) is 15.2. The molecule has 110 valence electrons. The normalized spacial score (nSPS) is 10.4. The quantitative estimate of drug-likeness (QED) is 0.672. The second-order valence-electron chi connectivity index (χ2n) is 4.61. The van der Waals surface area contributed by atoms with E-state index in [1.165, 1.54) is 12.1 Å². The van der Waals surface area contributed by atoms with Crippen LogP contribution in [-0.4, -0.2) is 11.2 Å². The summed E-state index contributed by atoms with van der Waals surface area (Å²) in [6.07, 6.45) is 1.98. The van der Waals surface area contributed by atoms with Crippen LogP contribution in [0.3, 0.4) is 0 Å². The Balaban J connectivity index is 2.11. The predicted octanol–water partition coefficient (Wildman–Crippen LogP) is 5.17. The summed E-state index contributed by atoms with van der Waals surface area (Å²) in [7, 11) is 0. The van der Waals surface area contributed by atoms with Gasteiger partial charge in [0.2, 0.25) is 0 Å². The van der Waals surface area contributed by atoms with Crippen LogP contribution in [-0.2, 0) is 6.42 Å². The summed E-state index contributed by atoms with van der Waals surface area (Å²) in [5.41, 5.74) is 2.16. The number of alkyl halides is 1. The van der Waals surface area contributed by atoms with E-state index in [1.54, 1.807) is 6.07 Å². The van der Waals surface area contributed by atoms with Crippen molar-refractivity contribution < 1.29 is 9.18 Å². The first-order valence-corrected chi connectivity index (χ1v) is 8.42. The third kappa shape index (κ3) is 4.93. The van der Waals surface area contributed by atoms with Gasteiger partial charge in [-0.15, -0.1) is 0 Å². The molecule has 0 saturated carbocycles. The molecular weight excluding hydrogens is 401 g/mol. The van der Waals surface area contributed by atoms with Crippen LogP contribution in [0.25, 0.3) is 0 Å². The molecular formula is C16H14Br2FNO. The van der Waals surface area contributed by atoms with Crippen molar-refractivity contribution in [1.29, 1.82) is 0 Å². The second kappa shape index (κ2) is 7.71. The number of rotatable bonds is 5. The van der Waals surface area contributed by atoms with Crippen LogP contribution < -0.4 is 5.32 Å². The van der Waals surface area contributed by atoms with E-state index in [1.807, 2.05) is 24.3 Å². The van der Waals surface area contributed by atoms with Gasteiger partial charge in [0.25, 0.3) is 5.91 Å². The molecule has 5 heteroatoms. The number of hydrogen-bond donors (Lipinski definition) is 1. The van der Waals surface area contributed by atoms with Gasteiger partial charge in [0.1, 0.15) is 5.82 Å². The minimum absolute atomic E-state index is 0.285. The summed E-state index contributed by atoms with van der Waals surface area (Å²) in [6, 6.07) is 11.8. The zero-order valence-electron chi connectivity index (χ0n) is 11.2. The summed E-state index contributed by atoms with van der Waals surface area (Å²) in [5, 5.41) is 3.74. The number of anilines is 1. The maximum absolute atomic E-state index is 13.3. The Hall–Kier alpha value is -1.20. The van der Waals surface area contributed by atoms with Gasteiger partial charge in [0, 0.05) is 21.1 Å². The third-order valence-electron chi connectivity index (χ3n) is 2.91. The summed E-state index contributed by atoms with van der Waals surface area (Å²) < 4.78 is 13.9. The Morgan fingerprint density at radius 3 is 2.71 bits per heavy atom. The molecule has 0 aromatic heterocycles. The van der Waals surface area contributed by atoms with Crippen LogP contribution in [0.5, 0.6) is 0 Å². The van der Waals surface area contributed by atoms with Gasteiger partial charge < -0.3 is 5.32 Å². The van der Waals surface area contributed by atoms with E-state index in [2.05, 4.69) is 37.2 Å². The van der Waals surface area contributed by atoms with Gasteiger partial charge >= 0.3 is 0 Å². The molecule has 0 saturated heterocycles. The van der Waals surface area contributed by atoms with Gasteiger partial charge in [-0.1, -0.05) is 44.0 Å². The number of nitrogens with one attached hydrogen (secondary N) is 1. The Morgan fingerprint density at radius 2 is 2.00 bits per heavy atom. The average Bonchev–Trinajstić information content (AvgIpc) is 2.44. The fraction of sp³-hybridized carbons (Fsp3) is 0.188. The lowest BCUT2D eigenvalue weighted by atomic mass is 10.1. The molecule has 2 aromatic rings. The van der Waals surface area contributed by atoms with Crippen molar-refractivity contribution in [1.82, 2.24) is 0 Å². The number of amides is 1. The summed E-state index contributed by atoms with van der Waals surface area (Å²) in [5.74, 6) is -0.770. The van der Waals surface area contributed by atoms with Crippen molar-refractivity contribution in [2.24, 2.45) is 0 Å². The van der Waals surface area contributed by atoms with Crippen LogP contribution in [0, 0.1) is 5.82 Å². The molecule has 0 bridgehead atoms. The van der Waals surface area contributed by atoms with Gasteiger partial charge in [-0.05, 0) is 48.7 Å². The molecule has 1 amide bonds. The standard InChI is InChI=1S/C16H14Br2FNO/c17-6-2-4-11-3-1-5-15(7-11)20-16(21)12-8-13(18)10-14(19)9-12/h1,3,5,7-10H,2,4,6H2,(H,20,21). The first-order valence-electron chi connectivity index (χ1n) is 6.51. The van der Waals surface area contributed by atoms with Gasteiger partial charge in [0.05, 0.1) is 0 Å². The van der Waals surface area contributed by atoms with Crippen LogP contribution in [0.15, 0.2) is 46.9 Å². The molecule has 0 aliphatic rings. The highest BCUT2D eigenvalue weighted by atomic mass is 79.9. The molecule has 21 heavy (non-hydrogen) atoms. The van der Waals surface area contributed by atoms with Crippen LogP contribution in [0.1, 0.15) is 22.3 Å². The van der Waals surface area contributed by atoms with Crippen molar-refractivity contribution in [3.05, 3.63) is 63.9 Å². The maximum atomic E-state index is 13.3. The number of carbonyl (C=O) groups excluding carboxylic acids is 1. The summed E-state index contributed by atoms with van der Waals surface area (Å²) >= 11 is 6.58. The molecule has 0 fully saturated rings. The Morgan fingerprint density at radius 1 is 1.19 bits per heavy atom. The van der Waals surface area contributed by atoms with Gasteiger partial charge in [-0.3, -0.25) is 4.79 Å². The highest BCUT2D eigenvalue weighted by Crippen LogP contribution is 2.18. The number of hydrogen-bond acceptors (Lipinski definition) is 1. The van der Waals surface area contributed by atoms with E-state index in [0.717, 1.165) is 23.7 Å². The van der Waals surface area contributed by atoms with Gasteiger partial charge in [-0.25, -0.2) is 4.39 Å². The number of carbonyl (C=O) groups is 1. The van der Waals surface area contributed by atoms with Gasteiger partial charge in [-0.2, -0.15) is 0 Å². The van der Waals surface area contributed by atoms with Crippen LogP contribution >= 0.6 is 31.9 Å². The molecule has 0 spiro atoms. The van der Waals surface area contributed by atoms with E-state index in [4.69, 9.17) is 0 Å². The molecule has 2 nitrogen and oxygen atoms in total. The molecule has 2 rings (SSSR count). The maximum Gasteiger partial charge on any atom is 0.255 e. The fourth-order valence-corrected chi connectivity index (χ4v) is 2.71. The lowest BCUT2D eigenvalue weighted by Gasteiger charge is -2.08. The first kappa shape index (κ1) is 16.2.